The minimum Gasteiger partial charge on any atom is -0.462 e. The molecule has 12 heteroatoms. The first kappa shape index (κ1) is 31.6. The van der Waals surface area contributed by atoms with Crippen LogP contribution in [0, 0.1) is 0 Å². The lowest BCUT2D eigenvalue weighted by molar-refractivity contribution is -0.145. The highest BCUT2D eigenvalue weighted by molar-refractivity contribution is 6.07. The first-order chi connectivity index (χ1) is 19.0. The van der Waals surface area contributed by atoms with E-state index in [1.807, 2.05) is 0 Å². The molecule has 1 unspecified atom stereocenters. The number of urea groups is 1. The molecule has 0 radical (unpaired) electrons. The molecule has 2 heterocycles. The van der Waals surface area contributed by atoms with Gasteiger partial charge in [-0.2, -0.15) is 8.78 Å². The summed E-state index contributed by atoms with van der Waals surface area (Å²) in [7, 11) is 0. The van der Waals surface area contributed by atoms with Crippen molar-refractivity contribution in [2.75, 3.05) is 13.2 Å². The van der Waals surface area contributed by atoms with Crippen LogP contribution >= 0.6 is 0 Å². The monoisotopic (exact) mass is 567 g/mol. The van der Waals surface area contributed by atoms with Crippen molar-refractivity contribution in [2.24, 2.45) is 5.73 Å². The molecule has 10 nitrogen and oxygen atoms in total. The van der Waals surface area contributed by atoms with Crippen molar-refractivity contribution in [2.45, 2.75) is 94.7 Å². The fourth-order valence-corrected chi connectivity index (χ4v) is 4.67. The molecule has 2 aliphatic rings. The van der Waals surface area contributed by atoms with Crippen LogP contribution in [0.3, 0.4) is 0 Å². The predicted octanol–water partition coefficient (Wildman–Crippen LogP) is 3.46. The number of alkyl halides is 2. The Labute approximate surface area is 232 Å². The summed E-state index contributed by atoms with van der Waals surface area (Å²) in [6.45, 7) is 1.56. The number of amides is 2. The number of aliphatic hydroxyl groups is 2. The normalized spacial score (nSPS) is 25.6. The smallest absolute Gasteiger partial charge is 0.338 e. The minimum absolute atomic E-state index is 0.00311. The van der Waals surface area contributed by atoms with Crippen molar-refractivity contribution in [1.29, 1.82) is 0 Å². The van der Waals surface area contributed by atoms with Gasteiger partial charge in [-0.25, -0.2) is 9.59 Å². The number of Topliss-reactive ketones (excluding diaryl/α,β-unsaturated/α-hetero) is 1. The van der Waals surface area contributed by atoms with Gasteiger partial charge >= 0.3 is 17.9 Å². The molecule has 222 valence electrons. The van der Waals surface area contributed by atoms with Crippen LogP contribution in [0.15, 0.2) is 36.5 Å². The van der Waals surface area contributed by atoms with E-state index in [2.05, 4.69) is 12.2 Å². The molecule has 0 bridgehead atoms. The highest BCUT2D eigenvalue weighted by atomic mass is 19.3. The van der Waals surface area contributed by atoms with Gasteiger partial charge in [0.2, 0.25) is 12.0 Å². The lowest BCUT2D eigenvalue weighted by Crippen LogP contribution is -2.66. The highest BCUT2D eigenvalue weighted by Crippen LogP contribution is 2.38. The molecule has 0 aromatic heterocycles. The van der Waals surface area contributed by atoms with Gasteiger partial charge in [0.15, 0.2) is 11.8 Å². The van der Waals surface area contributed by atoms with E-state index in [0.29, 0.717) is 4.90 Å². The summed E-state index contributed by atoms with van der Waals surface area (Å²) >= 11 is 0. The van der Waals surface area contributed by atoms with Crippen molar-refractivity contribution in [1.82, 2.24) is 10.2 Å². The first-order valence-electron chi connectivity index (χ1n) is 13.8. The summed E-state index contributed by atoms with van der Waals surface area (Å²) in [5, 5.41) is 21.1. The van der Waals surface area contributed by atoms with E-state index in [9.17, 15) is 28.3 Å². The zero-order chi connectivity index (χ0) is 29.3. The number of esters is 1. The van der Waals surface area contributed by atoms with Gasteiger partial charge in [-0.1, -0.05) is 70.4 Å². The number of nitrogens with zero attached hydrogens (tertiary/aromatic N) is 1. The SMILES string of the molecule is CCCCCCCCCCCOC(=O)c1cccc(C(=O)C2(N)C=CN([C@@H]3O[C@H](CO)[C@@H](O)C3(F)F)C(=O)N2)c1. The standard InChI is InChI=1S/C28H39F2N3O7/c1-2-3-4-5-6-7-8-9-10-16-39-24(37)20-13-11-12-19(17-20)22(35)27(31)14-15-33(26(38)32-27)25-28(29,30)23(36)21(18-34)40-25/h11-15,17,21,23,25,34,36H,2-10,16,18,31H2,1H3,(H,32,38)/t21-,23-,25-,27?/m1/s1. The number of ether oxygens (including phenoxy) is 2. The maximum absolute atomic E-state index is 14.5. The molecule has 4 atom stereocenters. The number of nitrogens with one attached hydrogen (secondary N) is 1. The second-order valence-electron chi connectivity index (χ2n) is 10.2. The molecule has 1 fully saturated rings. The van der Waals surface area contributed by atoms with Gasteiger partial charge in [-0.3, -0.25) is 15.4 Å². The van der Waals surface area contributed by atoms with E-state index in [1.54, 1.807) is 0 Å². The number of unbranched alkanes of at least 4 members (excludes halogenated alkanes) is 8. The van der Waals surface area contributed by atoms with Gasteiger partial charge in [0.25, 0.3) is 0 Å². The molecule has 0 spiro atoms. The van der Waals surface area contributed by atoms with Crippen molar-refractivity contribution in [3.05, 3.63) is 47.7 Å². The summed E-state index contributed by atoms with van der Waals surface area (Å²) < 4.78 is 39.2. The molecule has 2 aliphatic heterocycles. The van der Waals surface area contributed by atoms with Crippen LogP contribution < -0.4 is 11.1 Å². The molecule has 0 saturated carbocycles. The van der Waals surface area contributed by atoms with Gasteiger partial charge in [0.1, 0.15) is 6.10 Å². The van der Waals surface area contributed by atoms with Crippen LogP contribution in [0.4, 0.5) is 13.6 Å². The summed E-state index contributed by atoms with van der Waals surface area (Å²) in [5.41, 5.74) is 4.12. The average molecular weight is 568 g/mol. The summed E-state index contributed by atoms with van der Waals surface area (Å²) in [6, 6.07) is 4.47. The Kier molecular flexibility index (Phi) is 11.1. The summed E-state index contributed by atoms with van der Waals surface area (Å²) in [5.74, 6) is -5.29. The second kappa shape index (κ2) is 14.1. The number of aliphatic hydroxyl groups excluding tert-OH is 2. The molecule has 1 saturated heterocycles. The van der Waals surface area contributed by atoms with Crippen LogP contribution in [0.1, 0.15) is 85.4 Å². The van der Waals surface area contributed by atoms with E-state index in [4.69, 9.17) is 20.3 Å². The third-order valence-corrected chi connectivity index (χ3v) is 7.08. The third-order valence-electron chi connectivity index (χ3n) is 7.08. The van der Waals surface area contributed by atoms with E-state index in [-0.39, 0.29) is 17.7 Å². The Hall–Kier alpha value is -2.93. The molecule has 2 amide bonds. The molecule has 5 N–H and O–H groups in total. The van der Waals surface area contributed by atoms with Gasteiger partial charge in [0.05, 0.1) is 18.8 Å². The summed E-state index contributed by atoms with van der Waals surface area (Å²) in [4.78, 5) is 38.8. The average Bonchev–Trinajstić information content (AvgIpc) is 3.17. The van der Waals surface area contributed by atoms with E-state index < -0.39 is 54.4 Å². The van der Waals surface area contributed by atoms with Crippen molar-refractivity contribution in [3.8, 4) is 0 Å². The molecule has 1 aromatic carbocycles. The largest absolute Gasteiger partial charge is 0.462 e. The van der Waals surface area contributed by atoms with Gasteiger partial charge in [-0.15, -0.1) is 0 Å². The molecular weight excluding hydrogens is 528 g/mol. The zero-order valence-corrected chi connectivity index (χ0v) is 22.7. The zero-order valence-electron chi connectivity index (χ0n) is 22.7. The number of rotatable bonds is 15. The molecular formula is C28H39F2N3O7. The highest BCUT2D eigenvalue weighted by Gasteiger charge is 2.61. The lowest BCUT2D eigenvalue weighted by Gasteiger charge is -2.37. The van der Waals surface area contributed by atoms with Crippen LogP contribution in [-0.2, 0) is 9.47 Å². The Morgan fingerprint density at radius 2 is 1.73 bits per heavy atom. The number of carbonyl (C=O) groups excluding carboxylic acids is 3. The molecule has 40 heavy (non-hydrogen) atoms. The van der Waals surface area contributed by atoms with Crippen LogP contribution in [-0.4, -0.2) is 76.1 Å². The fraction of sp³-hybridized carbons (Fsp3) is 0.607. The topological polar surface area (TPSA) is 151 Å². The predicted molar refractivity (Wildman–Crippen MR) is 141 cm³/mol. The van der Waals surface area contributed by atoms with Crippen molar-refractivity contribution >= 4 is 17.8 Å². The maximum Gasteiger partial charge on any atom is 0.338 e. The number of hydrogen-bond acceptors (Lipinski definition) is 8. The van der Waals surface area contributed by atoms with Gasteiger partial charge < -0.3 is 25.0 Å². The van der Waals surface area contributed by atoms with Crippen LogP contribution in [0.25, 0.3) is 0 Å². The number of carbonyl (C=O) groups is 3. The number of nitrogens with two attached hydrogens (primary N) is 1. The number of benzene rings is 1. The van der Waals surface area contributed by atoms with E-state index in [0.717, 1.165) is 38.0 Å². The quantitative estimate of drug-likeness (QED) is 0.143. The Bertz CT molecular complexity index is 1070. The number of hydrogen-bond donors (Lipinski definition) is 4. The number of halogens is 2. The maximum atomic E-state index is 14.5. The minimum atomic E-state index is -3.89. The Balaban J connectivity index is 1.54. The van der Waals surface area contributed by atoms with E-state index >= 15 is 0 Å². The van der Waals surface area contributed by atoms with Crippen molar-refractivity contribution < 1.29 is 42.9 Å². The second-order valence-corrected chi connectivity index (χ2v) is 10.2. The molecule has 3 rings (SSSR count). The first-order valence-corrected chi connectivity index (χ1v) is 13.8. The van der Waals surface area contributed by atoms with Crippen LogP contribution in [0.2, 0.25) is 0 Å². The van der Waals surface area contributed by atoms with Gasteiger partial charge in [-0.05, 0) is 24.6 Å². The van der Waals surface area contributed by atoms with Crippen LogP contribution in [0.5, 0.6) is 0 Å². The summed E-state index contributed by atoms with van der Waals surface area (Å²) in [6.07, 6.45) is 5.87. The van der Waals surface area contributed by atoms with E-state index in [1.165, 1.54) is 56.4 Å². The molecule has 0 aliphatic carbocycles. The Morgan fingerprint density at radius 1 is 1.10 bits per heavy atom. The lowest BCUT2D eigenvalue weighted by atomic mass is 9.96. The molecule has 1 aromatic rings. The Morgan fingerprint density at radius 3 is 2.33 bits per heavy atom. The fourth-order valence-electron chi connectivity index (χ4n) is 4.67. The van der Waals surface area contributed by atoms with Gasteiger partial charge in [0, 0.05) is 11.8 Å². The number of ketones is 1. The van der Waals surface area contributed by atoms with Crippen molar-refractivity contribution in [3.63, 3.8) is 0 Å². The third kappa shape index (κ3) is 7.42.